The standard InChI is InChI=1S/C15H28N4S/c1-6-14(11-20-5)19(4)15-8-7-13(17-18-15)10-16-9-12(2)3/h7-8,12,14,16H,6,9-11H2,1-5H3. The van der Waals surface area contributed by atoms with Crippen molar-refractivity contribution in [3.05, 3.63) is 17.8 Å². The molecule has 1 heterocycles. The molecule has 0 saturated heterocycles. The predicted molar refractivity (Wildman–Crippen MR) is 89.4 cm³/mol. The number of nitrogens with zero attached hydrogens (tertiary/aromatic N) is 3. The average molecular weight is 296 g/mol. The van der Waals surface area contributed by atoms with Gasteiger partial charge >= 0.3 is 0 Å². The van der Waals surface area contributed by atoms with Gasteiger partial charge in [-0.05, 0) is 37.3 Å². The van der Waals surface area contributed by atoms with Gasteiger partial charge in [0.25, 0.3) is 0 Å². The van der Waals surface area contributed by atoms with E-state index in [2.05, 4.69) is 66.6 Å². The summed E-state index contributed by atoms with van der Waals surface area (Å²) in [5.74, 6) is 2.73. The number of anilines is 1. The number of nitrogens with one attached hydrogen (secondary N) is 1. The lowest BCUT2D eigenvalue weighted by atomic mass is 10.2. The summed E-state index contributed by atoms with van der Waals surface area (Å²) < 4.78 is 0. The van der Waals surface area contributed by atoms with Crippen molar-refractivity contribution in [1.82, 2.24) is 15.5 Å². The Morgan fingerprint density at radius 3 is 2.55 bits per heavy atom. The van der Waals surface area contributed by atoms with E-state index >= 15 is 0 Å². The second-order valence-corrected chi connectivity index (χ2v) is 6.45. The van der Waals surface area contributed by atoms with E-state index in [0.717, 1.165) is 36.8 Å². The minimum absolute atomic E-state index is 0.518. The van der Waals surface area contributed by atoms with Gasteiger partial charge in [0.2, 0.25) is 0 Å². The number of hydrogen-bond acceptors (Lipinski definition) is 5. The maximum Gasteiger partial charge on any atom is 0.151 e. The van der Waals surface area contributed by atoms with Gasteiger partial charge in [0, 0.05) is 25.4 Å². The summed E-state index contributed by atoms with van der Waals surface area (Å²) in [6, 6.07) is 4.66. The van der Waals surface area contributed by atoms with Gasteiger partial charge in [-0.25, -0.2) is 0 Å². The van der Waals surface area contributed by atoms with Gasteiger partial charge in [-0.3, -0.25) is 0 Å². The quantitative estimate of drug-likeness (QED) is 0.759. The molecule has 1 aromatic rings. The molecule has 4 nitrogen and oxygen atoms in total. The largest absolute Gasteiger partial charge is 0.354 e. The third kappa shape index (κ3) is 5.67. The van der Waals surface area contributed by atoms with Crippen LogP contribution in [0.3, 0.4) is 0 Å². The molecule has 0 fully saturated rings. The molecule has 0 aliphatic heterocycles. The molecule has 5 heteroatoms. The van der Waals surface area contributed by atoms with Crippen LogP contribution in [-0.4, -0.2) is 41.8 Å². The summed E-state index contributed by atoms with van der Waals surface area (Å²) >= 11 is 1.87. The molecule has 1 atom stereocenters. The smallest absolute Gasteiger partial charge is 0.151 e. The summed E-state index contributed by atoms with van der Waals surface area (Å²) in [6.07, 6.45) is 3.27. The topological polar surface area (TPSA) is 41.0 Å². The van der Waals surface area contributed by atoms with Crippen LogP contribution in [0.2, 0.25) is 0 Å². The average Bonchev–Trinajstić information content (AvgIpc) is 2.44. The van der Waals surface area contributed by atoms with Gasteiger partial charge in [0.1, 0.15) is 0 Å². The van der Waals surface area contributed by atoms with Crippen molar-refractivity contribution in [2.24, 2.45) is 5.92 Å². The van der Waals surface area contributed by atoms with Gasteiger partial charge in [0.05, 0.1) is 5.69 Å². The Morgan fingerprint density at radius 1 is 1.30 bits per heavy atom. The van der Waals surface area contributed by atoms with E-state index in [0.29, 0.717) is 12.0 Å². The molecule has 0 saturated carbocycles. The highest BCUT2D eigenvalue weighted by molar-refractivity contribution is 7.98. The third-order valence-corrected chi connectivity index (χ3v) is 4.02. The molecule has 0 aliphatic carbocycles. The highest BCUT2D eigenvalue weighted by atomic mass is 32.2. The molecule has 0 spiro atoms. The molecule has 1 rings (SSSR count). The van der Waals surface area contributed by atoms with Crippen LogP contribution >= 0.6 is 11.8 Å². The van der Waals surface area contributed by atoms with Crippen LogP contribution in [0.5, 0.6) is 0 Å². The van der Waals surface area contributed by atoms with Crippen LogP contribution in [0.4, 0.5) is 5.82 Å². The highest BCUT2D eigenvalue weighted by Gasteiger charge is 2.14. The number of rotatable bonds is 9. The summed E-state index contributed by atoms with van der Waals surface area (Å²) in [7, 11) is 2.10. The first-order valence-electron chi connectivity index (χ1n) is 7.33. The first-order chi connectivity index (χ1) is 9.58. The molecule has 20 heavy (non-hydrogen) atoms. The minimum atomic E-state index is 0.518. The second kappa shape index (κ2) is 9.19. The van der Waals surface area contributed by atoms with Crippen molar-refractivity contribution < 1.29 is 0 Å². The molecular weight excluding hydrogens is 268 g/mol. The fourth-order valence-electron chi connectivity index (χ4n) is 2.01. The van der Waals surface area contributed by atoms with E-state index in [1.54, 1.807) is 0 Å². The molecule has 0 amide bonds. The number of hydrogen-bond donors (Lipinski definition) is 1. The SMILES string of the molecule is CCC(CSC)N(C)c1ccc(CNCC(C)C)nn1. The van der Waals surface area contributed by atoms with Crippen molar-refractivity contribution in [1.29, 1.82) is 0 Å². The molecule has 0 aromatic carbocycles. The minimum Gasteiger partial charge on any atom is -0.354 e. The fraction of sp³-hybridized carbons (Fsp3) is 0.733. The van der Waals surface area contributed by atoms with Crippen molar-refractivity contribution in [3.63, 3.8) is 0 Å². The monoisotopic (exact) mass is 296 g/mol. The van der Waals surface area contributed by atoms with E-state index in [1.165, 1.54) is 0 Å². The van der Waals surface area contributed by atoms with Crippen LogP contribution in [0.1, 0.15) is 32.9 Å². The molecular formula is C15H28N4S. The van der Waals surface area contributed by atoms with E-state index in [4.69, 9.17) is 0 Å². The Bertz CT molecular complexity index is 367. The van der Waals surface area contributed by atoms with Crippen molar-refractivity contribution >= 4 is 17.6 Å². The van der Waals surface area contributed by atoms with Crippen molar-refractivity contribution in [2.75, 3.05) is 30.5 Å². The Morgan fingerprint density at radius 2 is 2.05 bits per heavy atom. The van der Waals surface area contributed by atoms with Crippen LogP contribution in [0.15, 0.2) is 12.1 Å². The summed E-state index contributed by atoms with van der Waals surface area (Å²) in [4.78, 5) is 2.23. The van der Waals surface area contributed by atoms with E-state index in [1.807, 2.05) is 11.8 Å². The zero-order valence-electron chi connectivity index (χ0n) is 13.4. The van der Waals surface area contributed by atoms with Crippen LogP contribution in [-0.2, 0) is 6.54 Å². The van der Waals surface area contributed by atoms with Crippen molar-refractivity contribution in [2.45, 2.75) is 39.8 Å². The lowest BCUT2D eigenvalue weighted by Crippen LogP contribution is -2.34. The molecule has 0 radical (unpaired) electrons. The van der Waals surface area contributed by atoms with Gasteiger partial charge in [-0.1, -0.05) is 20.8 Å². The molecule has 1 unspecified atom stereocenters. The number of thioether (sulfide) groups is 1. The number of aromatic nitrogens is 2. The fourth-order valence-corrected chi connectivity index (χ4v) is 2.85. The Balaban J connectivity index is 2.56. The first-order valence-corrected chi connectivity index (χ1v) is 8.72. The zero-order chi connectivity index (χ0) is 15.0. The predicted octanol–water partition coefficient (Wildman–Crippen LogP) is 2.80. The van der Waals surface area contributed by atoms with Crippen LogP contribution in [0, 0.1) is 5.92 Å². The molecule has 0 bridgehead atoms. The highest BCUT2D eigenvalue weighted by Crippen LogP contribution is 2.15. The van der Waals surface area contributed by atoms with Crippen molar-refractivity contribution in [3.8, 4) is 0 Å². The summed E-state index contributed by atoms with van der Waals surface area (Å²) in [6.45, 7) is 8.42. The Labute approximate surface area is 127 Å². The van der Waals surface area contributed by atoms with Gasteiger partial charge < -0.3 is 10.2 Å². The van der Waals surface area contributed by atoms with Gasteiger partial charge in [-0.2, -0.15) is 16.9 Å². The Hall–Kier alpha value is -0.810. The lowest BCUT2D eigenvalue weighted by molar-refractivity contribution is 0.545. The lowest BCUT2D eigenvalue weighted by Gasteiger charge is -2.27. The normalized spacial score (nSPS) is 12.7. The van der Waals surface area contributed by atoms with Gasteiger partial charge in [-0.15, -0.1) is 5.10 Å². The maximum atomic E-state index is 4.35. The molecule has 1 N–H and O–H groups in total. The Kier molecular flexibility index (Phi) is 7.92. The zero-order valence-corrected chi connectivity index (χ0v) is 14.2. The van der Waals surface area contributed by atoms with E-state index in [9.17, 15) is 0 Å². The second-order valence-electron chi connectivity index (χ2n) is 5.54. The van der Waals surface area contributed by atoms with Gasteiger partial charge in [0.15, 0.2) is 5.82 Å². The summed E-state index contributed by atoms with van der Waals surface area (Å²) in [5.41, 5.74) is 1.00. The summed E-state index contributed by atoms with van der Waals surface area (Å²) in [5, 5.41) is 12.1. The van der Waals surface area contributed by atoms with Crippen LogP contribution in [0.25, 0.3) is 0 Å². The maximum absolute atomic E-state index is 4.35. The molecule has 114 valence electrons. The molecule has 1 aromatic heterocycles. The van der Waals surface area contributed by atoms with E-state index in [-0.39, 0.29) is 0 Å². The first kappa shape index (κ1) is 17.2. The molecule has 0 aliphatic rings. The van der Waals surface area contributed by atoms with E-state index < -0.39 is 0 Å². The van der Waals surface area contributed by atoms with Crippen LogP contribution < -0.4 is 10.2 Å². The third-order valence-electron chi connectivity index (χ3n) is 3.30.